The van der Waals surface area contributed by atoms with Crippen LogP contribution in [-0.4, -0.2) is 12.6 Å². The van der Waals surface area contributed by atoms with Gasteiger partial charge in [0, 0.05) is 0 Å². The predicted molar refractivity (Wildman–Crippen MR) is 70.2 cm³/mol. The monoisotopic (exact) mass is 242 g/mol. The molecule has 1 aromatic rings. The molecule has 2 aliphatic rings. The molecule has 3 rings (SSSR count). The fourth-order valence-electron chi connectivity index (χ4n) is 3.30. The van der Waals surface area contributed by atoms with Gasteiger partial charge in [-0.05, 0) is 42.7 Å². The summed E-state index contributed by atoms with van der Waals surface area (Å²) in [5, 5.41) is 0. The molecule has 0 atom stereocenters. The van der Waals surface area contributed by atoms with Crippen LogP contribution < -0.4 is 0 Å². The summed E-state index contributed by atoms with van der Waals surface area (Å²) in [6.07, 6.45) is 3.89. The molecule has 0 N–H and O–H groups in total. The van der Waals surface area contributed by atoms with Crippen molar-refractivity contribution >= 4 is 5.97 Å². The lowest BCUT2D eigenvalue weighted by Gasteiger charge is -2.34. The first-order valence-electron chi connectivity index (χ1n) is 6.63. The Balaban J connectivity index is 1.76. The van der Waals surface area contributed by atoms with E-state index in [2.05, 4.69) is 30.8 Å². The number of esters is 1. The molecular formula is C16H18O2. The van der Waals surface area contributed by atoms with Crippen LogP contribution in [0.2, 0.25) is 0 Å². The highest BCUT2D eigenvalue weighted by Crippen LogP contribution is 2.50. The second-order valence-corrected chi connectivity index (χ2v) is 5.45. The first-order valence-corrected chi connectivity index (χ1v) is 6.63. The van der Waals surface area contributed by atoms with Gasteiger partial charge in [-0.2, -0.15) is 0 Å². The highest BCUT2D eigenvalue weighted by atomic mass is 16.5. The van der Waals surface area contributed by atoms with E-state index < -0.39 is 0 Å². The summed E-state index contributed by atoms with van der Waals surface area (Å²) in [6, 6.07) is 10.6. The van der Waals surface area contributed by atoms with E-state index in [0.717, 1.165) is 31.3 Å². The summed E-state index contributed by atoms with van der Waals surface area (Å²) < 4.78 is 5.16. The summed E-state index contributed by atoms with van der Waals surface area (Å²) in [6.45, 7) is 4.46. The van der Waals surface area contributed by atoms with Crippen molar-refractivity contribution in [3.63, 3.8) is 0 Å². The Bertz CT molecular complexity index is 449. The number of rotatable bonds is 1. The van der Waals surface area contributed by atoms with Gasteiger partial charge in [-0.15, -0.1) is 0 Å². The van der Waals surface area contributed by atoms with Gasteiger partial charge in [0.05, 0.1) is 5.41 Å². The lowest BCUT2D eigenvalue weighted by atomic mass is 9.66. The highest BCUT2D eigenvalue weighted by Gasteiger charge is 2.49. The van der Waals surface area contributed by atoms with Crippen LogP contribution in [0.3, 0.4) is 0 Å². The molecule has 1 saturated carbocycles. The van der Waals surface area contributed by atoms with Gasteiger partial charge in [-0.3, -0.25) is 4.79 Å². The molecule has 1 saturated heterocycles. The Hall–Kier alpha value is -1.57. The minimum atomic E-state index is -0.356. The zero-order chi connectivity index (χ0) is 12.6. The minimum Gasteiger partial charge on any atom is -0.460 e. The molecule has 1 heterocycles. The molecule has 1 aliphatic heterocycles. The second kappa shape index (κ2) is 4.27. The molecule has 1 spiro atoms. The summed E-state index contributed by atoms with van der Waals surface area (Å²) in [4.78, 5) is 11.9. The Morgan fingerprint density at radius 3 is 2.39 bits per heavy atom. The number of carbonyl (C=O) groups excluding carboxylic acids is 1. The summed E-state index contributed by atoms with van der Waals surface area (Å²) >= 11 is 0. The first-order chi connectivity index (χ1) is 8.72. The first kappa shape index (κ1) is 11.5. The van der Waals surface area contributed by atoms with E-state index in [4.69, 9.17) is 4.74 Å². The number of ether oxygens (including phenoxy) is 1. The van der Waals surface area contributed by atoms with Crippen molar-refractivity contribution in [1.82, 2.24) is 0 Å². The molecule has 2 nitrogen and oxygen atoms in total. The van der Waals surface area contributed by atoms with Crippen LogP contribution in [0.1, 0.15) is 37.2 Å². The predicted octanol–water partition coefficient (Wildman–Crippen LogP) is 3.44. The molecule has 0 bridgehead atoms. The molecule has 2 heteroatoms. The van der Waals surface area contributed by atoms with Gasteiger partial charge in [0.25, 0.3) is 0 Å². The molecule has 2 fully saturated rings. The standard InChI is InChI=1S/C16H18O2/c1-12-11-18-15(17)16(12)9-7-14(8-10-16)13-5-3-2-4-6-13/h2-6,14H,1,7-11H2. The second-order valence-electron chi connectivity index (χ2n) is 5.45. The molecule has 94 valence electrons. The number of carbonyl (C=O) groups is 1. The van der Waals surface area contributed by atoms with Gasteiger partial charge in [0.1, 0.15) is 6.61 Å². The number of cyclic esters (lactones) is 1. The van der Waals surface area contributed by atoms with E-state index in [9.17, 15) is 4.79 Å². The third kappa shape index (κ3) is 1.67. The van der Waals surface area contributed by atoms with Gasteiger partial charge in [0.15, 0.2) is 0 Å². The Morgan fingerprint density at radius 1 is 1.17 bits per heavy atom. The average Bonchev–Trinajstić information content (AvgIpc) is 2.70. The Kier molecular flexibility index (Phi) is 2.73. The van der Waals surface area contributed by atoms with Crippen molar-refractivity contribution in [3.05, 3.63) is 48.0 Å². The topological polar surface area (TPSA) is 26.3 Å². The summed E-state index contributed by atoms with van der Waals surface area (Å²) in [7, 11) is 0. The van der Waals surface area contributed by atoms with E-state index in [0.29, 0.717) is 12.5 Å². The average molecular weight is 242 g/mol. The fourth-order valence-corrected chi connectivity index (χ4v) is 3.30. The lowest BCUT2D eigenvalue weighted by molar-refractivity contribution is -0.147. The minimum absolute atomic E-state index is 0.0426. The molecular weight excluding hydrogens is 224 g/mol. The van der Waals surface area contributed by atoms with Crippen molar-refractivity contribution in [3.8, 4) is 0 Å². The van der Waals surface area contributed by atoms with Crippen LogP contribution in [0.25, 0.3) is 0 Å². The SMILES string of the molecule is C=C1COC(=O)C12CCC(c1ccccc1)CC2. The molecule has 0 aromatic heterocycles. The number of benzene rings is 1. The van der Waals surface area contributed by atoms with Crippen LogP contribution in [-0.2, 0) is 9.53 Å². The quantitative estimate of drug-likeness (QED) is 0.557. The third-order valence-corrected chi connectivity index (χ3v) is 4.56. The maximum atomic E-state index is 11.9. The van der Waals surface area contributed by atoms with Gasteiger partial charge in [0.2, 0.25) is 0 Å². The van der Waals surface area contributed by atoms with Crippen LogP contribution in [0.5, 0.6) is 0 Å². The van der Waals surface area contributed by atoms with Gasteiger partial charge in [-0.1, -0.05) is 36.9 Å². The van der Waals surface area contributed by atoms with Crippen LogP contribution in [0.4, 0.5) is 0 Å². The van der Waals surface area contributed by atoms with Crippen molar-refractivity contribution < 1.29 is 9.53 Å². The van der Waals surface area contributed by atoms with Gasteiger partial charge in [-0.25, -0.2) is 0 Å². The molecule has 0 radical (unpaired) electrons. The van der Waals surface area contributed by atoms with Crippen molar-refractivity contribution in [2.75, 3.05) is 6.61 Å². The highest BCUT2D eigenvalue weighted by molar-refractivity contribution is 5.83. The molecule has 0 amide bonds. The largest absolute Gasteiger partial charge is 0.460 e. The normalized spacial score (nSPS) is 31.7. The third-order valence-electron chi connectivity index (χ3n) is 4.56. The fraction of sp³-hybridized carbons (Fsp3) is 0.438. The van der Waals surface area contributed by atoms with Crippen LogP contribution in [0.15, 0.2) is 42.5 Å². The van der Waals surface area contributed by atoms with Gasteiger partial charge >= 0.3 is 5.97 Å². The number of hydrogen-bond acceptors (Lipinski definition) is 2. The maximum absolute atomic E-state index is 11.9. The molecule has 1 aromatic carbocycles. The zero-order valence-corrected chi connectivity index (χ0v) is 10.5. The molecule has 18 heavy (non-hydrogen) atoms. The molecule has 1 aliphatic carbocycles. The van der Waals surface area contributed by atoms with E-state index in [1.807, 2.05) is 6.07 Å². The van der Waals surface area contributed by atoms with E-state index >= 15 is 0 Å². The smallest absolute Gasteiger partial charge is 0.316 e. The van der Waals surface area contributed by atoms with E-state index in [1.54, 1.807) is 0 Å². The Morgan fingerprint density at radius 2 is 1.83 bits per heavy atom. The van der Waals surface area contributed by atoms with Crippen LogP contribution in [0, 0.1) is 5.41 Å². The molecule has 0 unspecified atom stereocenters. The summed E-state index contributed by atoms with van der Waals surface area (Å²) in [5.41, 5.74) is 2.02. The summed E-state index contributed by atoms with van der Waals surface area (Å²) in [5.74, 6) is 0.539. The van der Waals surface area contributed by atoms with E-state index in [-0.39, 0.29) is 11.4 Å². The van der Waals surface area contributed by atoms with Crippen molar-refractivity contribution in [1.29, 1.82) is 0 Å². The Labute approximate surface area is 108 Å². The lowest BCUT2D eigenvalue weighted by Crippen LogP contribution is -2.32. The maximum Gasteiger partial charge on any atom is 0.316 e. The zero-order valence-electron chi connectivity index (χ0n) is 10.5. The van der Waals surface area contributed by atoms with E-state index in [1.165, 1.54) is 5.56 Å². The van der Waals surface area contributed by atoms with Crippen molar-refractivity contribution in [2.45, 2.75) is 31.6 Å². The number of hydrogen-bond donors (Lipinski definition) is 0. The van der Waals surface area contributed by atoms with Crippen LogP contribution >= 0.6 is 0 Å². The van der Waals surface area contributed by atoms with Crippen molar-refractivity contribution in [2.24, 2.45) is 5.41 Å². The van der Waals surface area contributed by atoms with Gasteiger partial charge < -0.3 is 4.74 Å².